The van der Waals surface area contributed by atoms with E-state index in [1.54, 1.807) is 0 Å². The fraction of sp³-hybridized carbons (Fsp3) is 0.933. The van der Waals surface area contributed by atoms with Crippen molar-refractivity contribution in [3.63, 3.8) is 0 Å². The molecule has 0 heterocycles. The molecule has 0 aromatic rings. The Balaban J connectivity index is 0.00000180. The highest BCUT2D eigenvalue weighted by atomic mass is 35.5. The van der Waals surface area contributed by atoms with Crippen molar-refractivity contribution in [2.75, 3.05) is 0 Å². The van der Waals surface area contributed by atoms with Gasteiger partial charge in [0.25, 0.3) is 0 Å². The molecule has 1 amide bonds. The average molecular weight is 289 g/mol. The Bertz CT molecular complexity index is 290. The summed E-state index contributed by atoms with van der Waals surface area (Å²) in [6.07, 6.45) is 8.88. The molecule has 3 atom stereocenters. The summed E-state index contributed by atoms with van der Waals surface area (Å²) in [6.45, 7) is 4.21. The van der Waals surface area contributed by atoms with Gasteiger partial charge in [0.05, 0.1) is 6.04 Å². The molecule has 2 fully saturated rings. The molecule has 0 radical (unpaired) electrons. The first-order valence-electron chi connectivity index (χ1n) is 7.64. The second kappa shape index (κ2) is 7.49. The third-order valence-corrected chi connectivity index (χ3v) is 4.48. The van der Waals surface area contributed by atoms with Crippen LogP contribution in [-0.2, 0) is 4.79 Å². The van der Waals surface area contributed by atoms with Crippen LogP contribution in [0, 0.1) is 17.8 Å². The van der Waals surface area contributed by atoms with Crippen LogP contribution in [0.3, 0.4) is 0 Å². The highest BCUT2D eigenvalue weighted by Gasteiger charge is 2.44. The van der Waals surface area contributed by atoms with Crippen LogP contribution in [0.1, 0.15) is 58.8 Å². The standard InChI is InChI=1S/C15H28N2O.ClH/c1-10(2)8-13(16)15(18)17-14-9-12(14)11-6-4-3-5-7-11;/h10-14H,3-9,16H2,1-2H3,(H,17,18);1H/t12?,13-,14?;/m0./s1. The fourth-order valence-electron chi connectivity index (χ4n) is 3.37. The van der Waals surface area contributed by atoms with Gasteiger partial charge in [-0.3, -0.25) is 4.79 Å². The number of nitrogens with one attached hydrogen (secondary N) is 1. The van der Waals surface area contributed by atoms with Crippen LogP contribution < -0.4 is 11.1 Å². The van der Waals surface area contributed by atoms with E-state index in [2.05, 4.69) is 19.2 Å². The van der Waals surface area contributed by atoms with Gasteiger partial charge in [0.2, 0.25) is 5.91 Å². The Kier molecular flexibility index (Phi) is 6.61. The van der Waals surface area contributed by atoms with Crippen molar-refractivity contribution in [2.24, 2.45) is 23.5 Å². The van der Waals surface area contributed by atoms with Crippen LogP contribution in [0.25, 0.3) is 0 Å². The molecule has 0 aromatic carbocycles. The van der Waals surface area contributed by atoms with E-state index in [1.165, 1.54) is 38.5 Å². The molecule has 19 heavy (non-hydrogen) atoms. The molecule has 0 aromatic heterocycles. The monoisotopic (exact) mass is 288 g/mol. The molecule has 2 rings (SSSR count). The summed E-state index contributed by atoms with van der Waals surface area (Å²) in [4.78, 5) is 11.9. The third kappa shape index (κ3) is 4.96. The number of hydrogen-bond donors (Lipinski definition) is 2. The Morgan fingerprint density at radius 2 is 1.89 bits per heavy atom. The van der Waals surface area contributed by atoms with E-state index in [9.17, 15) is 4.79 Å². The number of rotatable bonds is 5. The summed E-state index contributed by atoms with van der Waals surface area (Å²) in [5.41, 5.74) is 5.91. The molecule has 2 saturated carbocycles. The molecule has 2 unspecified atom stereocenters. The quantitative estimate of drug-likeness (QED) is 0.817. The maximum absolute atomic E-state index is 11.9. The van der Waals surface area contributed by atoms with Crippen LogP contribution in [0.5, 0.6) is 0 Å². The lowest BCUT2D eigenvalue weighted by molar-refractivity contribution is -0.122. The SMILES string of the molecule is CC(C)C[C@H](N)C(=O)NC1CC1C1CCCCC1.Cl. The van der Waals surface area contributed by atoms with Gasteiger partial charge >= 0.3 is 0 Å². The minimum absolute atomic E-state index is 0. The molecule has 4 heteroatoms. The largest absolute Gasteiger partial charge is 0.352 e. The maximum Gasteiger partial charge on any atom is 0.237 e. The number of amides is 1. The van der Waals surface area contributed by atoms with Crippen molar-refractivity contribution in [3.8, 4) is 0 Å². The molecule has 0 aliphatic heterocycles. The number of halogens is 1. The van der Waals surface area contributed by atoms with Crippen LogP contribution in [0.4, 0.5) is 0 Å². The lowest BCUT2D eigenvalue weighted by atomic mass is 9.85. The number of hydrogen-bond acceptors (Lipinski definition) is 2. The van der Waals surface area contributed by atoms with Gasteiger partial charge in [0, 0.05) is 6.04 Å². The summed E-state index contributed by atoms with van der Waals surface area (Å²) in [7, 11) is 0. The lowest BCUT2D eigenvalue weighted by Gasteiger charge is -2.22. The summed E-state index contributed by atoms with van der Waals surface area (Å²) < 4.78 is 0. The van der Waals surface area contributed by atoms with Crippen LogP contribution >= 0.6 is 12.4 Å². The second-order valence-electron chi connectivity index (χ2n) is 6.65. The predicted octanol–water partition coefficient (Wildman–Crippen LogP) is 2.87. The molecule has 0 spiro atoms. The summed E-state index contributed by atoms with van der Waals surface area (Å²) in [5, 5.41) is 3.14. The van der Waals surface area contributed by atoms with Gasteiger partial charge < -0.3 is 11.1 Å². The number of nitrogens with two attached hydrogens (primary N) is 1. The lowest BCUT2D eigenvalue weighted by Crippen LogP contribution is -2.43. The van der Waals surface area contributed by atoms with Crippen LogP contribution in [-0.4, -0.2) is 18.0 Å². The first kappa shape index (κ1) is 16.8. The topological polar surface area (TPSA) is 55.1 Å². The van der Waals surface area contributed by atoms with Gasteiger partial charge in [-0.15, -0.1) is 12.4 Å². The second-order valence-corrected chi connectivity index (χ2v) is 6.65. The van der Waals surface area contributed by atoms with Crippen molar-refractivity contribution in [1.82, 2.24) is 5.32 Å². The fourth-order valence-corrected chi connectivity index (χ4v) is 3.37. The molecule has 0 saturated heterocycles. The predicted molar refractivity (Wildman–Crippen MR) is 81.3 cm³/mol. The third-order valence-electron chi connectivity index (χ3n) is 4.48. The Morgan fingerprint density at radius 3 is 2.47 bits per heavy atom. The minimum Gasteiger partial charge on any atom is -0.352 e. The van der Waals surface area contributed by atoms with Gasteiger partial charge in [0.15, 0.2) is 0 Å². The Hall–Kier alpha value is -0.280. The zero-order chi connectivity index (χ0) is 13.1. The summed E-state index contributed by atoms with van der Waals surface area (Å²) >= 11 is 0. The first-order chi connectivity index (χ1) is 8.58. The van der Waals surface area contributed by atoms with Gasteiger partial charge in [-0.05, 0) is 30.6 Å². The Morgan fingerprint density at radius 1 is 1.26 bits per heavy atom. The van der Waals surface area contributed by atoms with Crippen molar-refractivity contribution in [1.29, 1.82) is 0 Å². The highest BCUT2D eigenvalue weighted by Crippen LogP contribution is 2.44. The van der Waals surface area contributed by atoms with E-state index in [0.717, 1.165) is 18.3 Å². The van der Waals surface area contributed by atoms with E-state index in [4.69, 9.17) is 5.73 Å². The van der Waals surface area contributed by atoms with Crippen molar-refractivity contribution < 1.29 is 4.79 Å². The normalized spacial score (nSPS) is 28.6. The minimum atomic E-state index is -0.322. The molecule has 2 aliphatic carbocycles. The molecule has 3 N–H and O–H groups in total. The van der Waals surface area contributed by atoms with Crippen molar-refractivity contribution in [3.05, 3.63) is 0 Å². The highest BCUT2D eigenvalue weighted by molar-refractivity contribution is 5.85. The van der Waals surface area contributed by atoms with Crippen LogP contribution in [0.15, 0.2) is 0 Å². The molecular weight excluding hydrogens is 260 g/mol. The Labute approximate surface area is 123 Å². The summed E-state index contributed by atoms with van der Waals surface area (Å²) in [5.74, 6) is 2.16. The molecule has 2 aliphatic rings. The van der Waals surface area contributed by atoms with E-state index in [0.29, 0.717) is 12.0 Å². The van der Waals surface area contributed by atoms with Gasteiger partial charge in [-0.2, -0.15) is 0 Å². The van der Waals surface area contributed by atoms with E-state index in [1.807, 2.05) is 0 Å². The number of carbonyl (C=O) groups excluding carboxylic acids is 1. The summed E-state index contributed by atoms with van der Waals surface area (Å²) in [6, 6.07) is 0.108. The van der Waals surface area contributed by atoms with Gasteiger partial charge in [-0.1, -0.05) is 46.0 Å². The number of carbonyl (C=O) groups is 1. The van der Waals surface area contributed by atoms with Gasteiger partial charge in [-0.25, -0.2) is 0 Å². The van der Waals surface area contributed by atoms with E-state index in [-0.39, 0.29) is 24.4 Å². The zero-order valence-corrected chi connectivity index (χ0v) is 13.0. The van der Waals surface area contributed by atoms with Crippen molar-refractivity contribution in [2.45, 2.75) is 70.9 Å². The van der Waals surface area contributed by atoms with Gasteiger partial charge in [0.1, 0.15) is 0 Å². The first-order valence-corrected chi connectivity index (χ1v) is 7.64. The molecule has 0 bridgehead atoms. The van der Waals surface area contributed by atoms with E-state index >= 15 is 0 Å². The zero-order valence-electron chi connectivity index (χ0n) is 12.2. The molecule has 3 nitrogen and oxygen atoms in total. The molecule has 112 valence electrons. The molecular formula is C15H29ClN2O. The smallest absolute Gasteiger partial charge is 0.237 e. The maximum atomic E-state index is 11.9. The van der Waals surface area contributed by atoms with Crippen LogP contribution in [0.2, 0.25) is 0 Å². The van der Waals surface area contributed by atoms with E-state index < -0.39 is 0 Å². The van der Waals surface area contributed by atoms with Crippen molar-refractivity contribution >= 4 is 18.3 Å². The average Bonchev–Trinajstić information content (AvgIpc) is 3.08.